The molecule has 0 radical (unpaired) electrons. The number of hydrogen-bond donors (Lipinski definition) is 1. The van der Waals surface area contributed by atoms with E-state index in [0.717, 1.165) is 10.9 Å². The molecule has 0 bridgehead atoms. The molecule has 1 amide bonds. The average Bonchev–Trinajstić information content (AvgIpc) is 2.45. The summed E-state index contributed by atoms with van der Waals surface area (Å²) in [6.45, 7) is 2.65. The van der Waals surface area contributed by atoms with Crippen LogP contribution in [0.1, 0.15) is 11.1 Å². The quantitative estimate of drug-likeness (QED) is 0.901. The van der Waals surface area contributed by atoms with E-state index in [1.54, 1.807) is 12.3 Å². The zero-order valence-electron chi connectivity index (χ0n) is 11.8. The SMILES string of the molecule is Cc1ccccc1CCNC(=O)Cn1cc(Br)ccc1=O. The van der Waals surface area contributed by atoms with Gasteiger partial charge in [-0.2, -0.15) is 0 Å². The topological polar surface area (TPSA) is 51.1 Å². The third-order valence-corrected chi connectivity index (χ3v) is 3.71. The third-order valence-electron chi connectivity index (χ3n) is 3.24. The molecule has 0 atom stereocenters. The Balaban J connectivity index is 1.87. The molecule has 1 aromatic carbocycles. The number of aryl methyl sites for hydroxylation is 1. The fourth-order valence-corrected chi connectivity index (χ4v) is 2.44. The van der Waals surface area contributed by atoms with Gasteiger partial charge in [0.25, 0.3) is 5.56 Å². The minimum Gasteiger partial charge on any atom is -0.354 e. The standard InChI is InChI=1S/C16H17BrN2O2/c1-12-4-2-3-5-13(12)8-9-18-15(20)11-19-10-14(17)6-7-16(19)21/h2-7,10H,8-9,11H2,1H3,(H,18,20). The van der Waals surface area contributed by atoms with Crippen LogP contribution in [0.2, 0.25) is 0 Å². The molecule has 0 aliphatic carbocycles. The Labute approximate surface area is 131 Å². The van der Waals surface area contributed by atoms with Gasteiger partial charge in [0, 0.05) is 23.3 Å². The summed E-state index contributed by atoms with van der Waals surface area (Å²) < 4.78 is 2.16. The van der Waals surface area contributed by atoms with Crippen LogP contribution in [0.25, 0.3) is 0 Å². The lowest BCUT2D eigenvalue weighted by atomic mass is 10.1. The first-order valence-corrected chi connectivity index (χ1v) is 7.53. The number of benzene rings is 1. The first-order valence-electron chi connectivity index (χ1n) is 6.73. The molecule has 1 N–H and O–H groups in total. The summed E-state index contributed by atoms with van der Waals surface area (Å²) in [6.07, 6.45) is 2.40. The minimum atomic E-state index is -0.188. The Morgan fingerprint density at radius 2 is 2.00 bits per heavy atom. The van der Waals surface area contributed by atoms with Gasteiger partial charge in [0.1, 0.15) is 6.54 Å². The Hall–Kier alpha value is -1.88. The second-order valence-electron chi connectivity index (χ2n) is 4.84. The molecular formula is C16H17BrN2O2. The maximum atomic E-state index is 11.9. The number of hydrogen-bond acceptors (Lipinski definition) is 2. The summed E-state index contributed by atoms with van der Waals surface area (Å²) >= 11 is 3.29. The van der Waals surface area contributed by atoms with Gasteiger partial charge in [0.2, 0.25) is 5.91 Å². The molecule has 21 heavy (non-hydrogen) atoms. The molecular weight excluding hydrogens is 332 g/mol. The lowest BCUT2D eigenvalue weighted by molar-refractivity contribution is -0.121. The van der Waals surface area contributed by atoms with Crippen LogP contribution < -0.4 is 10.9 Å². The predicted octanol–water partition coefficient (Wildman–Crippen LogP) is 2.28. The van der Waals surface area contributed by atoms with E-state index in [9.17, 15) is 9.59 Å². The van der Waals surface area contributed by atoms with Crippen LogP contribution in [0, 0.1) is 6.92 Å². The summed E-state index contributed by atoms with van der Waals surface area (Å²) in [6, 6.07) is 11.2. The second kappa shape index (κ2) is 7.22. The fraction of sp³-hybridized carbons (Fsp3) is 0.250. The molecule has 4 nitrogen and oxygen atoms in total. The summed E-state index contributed by atoms with van der Waals surface area (Å²) in [5.74, 6) is -0.163. The van der Waals surface area contributed by atoms with E-state index in [4.69, 9.17) is 0 Å². The highest BCUT2D eigenvalue weighted by Gasteiger charge is 2.05. The van der Waals surface area contributed by atoms with Crippen molar-refractivity contribution in [2.24, 2.45) is 0 Å². The van der Waals surface area contributed by atoms with E-state index in [1.165, 1.54) is 21.8 Å². The molecule has 0 aliphatic heterocycles. The van der Waals surface area contributed by atoms with E-state index in [2.05, 4.69) is 40.3 Å². The fourth-order valence-electron chi connectivity index (χ4n) is 2.06. The molecule has 5 heteroatoms. The van der Waals surface area contributed by atoms with Crippen LogP contribution in [0.3, 0.4) is 0 Å². The van der Waals surface area contributed by atoms with Crippen LogP contribution in [-0.4, -0.2) is 17.0 Å². The number of nitrogens with zero attached hydrogens (tertiary/aromatic N) is 1. The zero-order valence-corrected chi connectivity index (χ0v) is 13.4. The third kappa shape index (κ3) is 4.56. The number of pyridine rings is 1. The Bertz CT molecular complexity index is 695. The van der Waals surface area contributed by atoms with Crippen molar-refractivity contribution in [1.82, 2.24) is 9.88 Å². The Morgan fingerprint density at radius 3 is 2.76 bits per heavy atom. The first kappa shape index (κ1) is 15.5. The Morgan fingerprint density at radius 1 is 1.24 bits per heavy atom. The molecule has 2 aromatic rings. The summed E-state index contributed by atoms with van der Waals surface area (Å²) in [5, 5.41) is 2.84. The van der Waals surface area contributed by atoms with Gasteiger partial charge in [-0.1, -0.05) is 24.3 Å². The number of amides is 1. The lowest BCUT2D eigenvalue weighted by Gasteiger charge is -2.09. The van der Waals surface area contributed by atoms with Gasteiger partial charge in [0.05, 0.1) is 0 Å². The van der Waals surface area contributed by atoms with E-state index < -0.39 is 0 Å². The molecule has 2 rings (SSSR count). The summed E-state index contributed by atoms with van der Waals surface area (Å²) in [5.41, 5.74) is 2.25. The molecule has 0 fully saturated rings. The smallest absolute Gasteiger partial charge is 0.251 e. The van der Waals surface area contributed by atoms with Crippen LogP contribution in [-0.2, 0) is 17.8 Å². The molecule has 0 unspecified atom stereocenters. The lowest BCUT2D eigenvalue weighted by Crippen LogP contribution is -2.33. The van der Waals surface area contributed by atoms with Crippen molar-refractivity contribution in [3.63, 3.8) is 0 Å². The monoisotopic (exact) mass is 348 g/mol. The van der Waals surface area contributed by atoms with Crippen LogP contribution in [0.4, 0.5) is 0 Å². The highest BCUT2D eigenvalue weighted by molar-refractivity contribution is 9.10. The number of nitrogens with one attached hydrogen (secondary N) is 1. The zero-order chi connectivity index (χ0) is 15.2. The molecule has 0 spiro atoms. The average molecular weight is 349 g/mol. The minimum absolute atomic E-state index is 0.0338. The molecule has 0 saturated heterocycles. The van der Waals surface area contributed by atoms with Crippen molar-refractivity contribution in [2.75, 3.05) is 6.54 Å². The van der Waals surface area contributed by atoms with Crippen LogP contribution >= 0.6 is 15.9 Å². The number of rotatable bonds is 5. The number of carbonyl (C=O) groups is 1. The molecule has 0 aliphatic rings. The Kier molecular flexibility index (Phi) is 5.33. The summed E-state index contributed by atoms with van der Waals surface area (Å²) in [4.78, 5) is 23.5. The number of carbonyl (C=O) groups excluding carboxylic acids is 1. The van der Waals surface area contributed by atoms with Crippen molar-refractivity contribution in [3.05, 3.63) is 68.5 Å². The van der Waals surface area contributed by atoms with Crippen molar-refractivity contribution in [2.45, 2.75) is 19.9 Å². The highest BCUT2D eigenvalue weighted by atomic mass is 79.9. The normalized spacial score (nSPS) is 10.4. The van der Waals surface area contributed by atoms with Gasteiger partial charge < -0.3 is 9.88 Å². The maximum absolute atomic E-state index is 11.9. The van der Waals surface area contributed by atoms with Crippen molar-refractivity contribution in [1.29, 1.82) is 0 Å². The van der Waals surface area contributed by atoms with Gasteiger partial charge in [-0.05, 0) is 46.5 Å². The van der Waals surface area contributed by atoms with Gasteiger partial charge in [0.15, 0.2) is 0 Å². The first-order chi connectivity index (χ1) is 10.1. The van der Waals surface area contributed by atoms with Crippen LogP contribution in [0.5, 0.6) is 0 Å². The molecule has 1 heterocycles. The van der Waals surface area contributed by atoms with E-state index >= 15 is 0 Å². The molecule has 0 saturated carbocycles. The predicted molar refractivity (Wildman–Crippen MR) is 86.3 cm³/mol. The van der Waals surface area contributed by atoms with Gasteiger partial charge in [-0.3, -0.25) is 9.59 Å². The maximum Gasteiger partial charge on any atom is 0.251 e. The number of aromatic nitrogens is 1. The van der Waals surface area contributed by atoms with Crippen molar-refractivity contribution in [3.8, 4) is 0 Å². The largest absolute Gasteiger partial charge is 0.354 e. The summed E-state index contributed by atoms with van der Waals surface area (Å²) in [7, 11) is 0. The van der Waals surface area contributed by atoms with E-state index in [0.29, 0.717) is 6.54 Å². The van der Waals surface area contributed by atoms with E-state index in [-0.39, 0.29) is 18.0 Å². The van der Waals surface area contributed by atoms with Crippen molar-refractivity contribution >= 4 is 21.8 Å². The van der Waals surface area contributed by atoms with Gasteiger partial charge in [-0.25, -0.2) is 0 Å². The van der Waals surface area contributed by atoms with E-state index in [1.807, 2.05) is 12.1 Å². The molecule has 110 valence electrons. The van der Waals surface area contributed by atoms with Crippen LogP contribution in [0.15, 0.2) is 51.9 Å². The van der Waals surface area contributed by atoms with Gasteiger partial charge >= 0.3 is 0 Å². The number of halogens is 1. The molecule has 1 aromatic heterocycles. The van der Waals surface area contributed by atoms with Gasteiger partial charge in [-0.15, -0.1) is 0 Å². The second-order valence-corrected chi connectivity index (χ2v) is 5.76. The van der Waals surface area contributed by atoms with Crippen molar-refractivity contribution < 1.29 is 4.79 Å². The highest BCUT2D eigenvalue weighted by Crippen LogP contribution is 2.07.